The fourth-order valence-electron chi connectivity index (χ4n) is 2.76. The molecule has 1 aliphatic rings. The summed E-state index contributed by atoms with van der Waals surface area (Å²) in [5.41, 5.74) is 2.63. The van der Waals surface area contributed by atoms with E-state index in [1.807, 2.05) is 25.1 Å². The summed E-state index contributed by atoms with van der Waals surface area (Å²) in [5.74, 6) is -0.113. The van der Waals surface area contributed by atoms with Crippen LogP contribution in [0, 0.1) is 0 Å². The maximum atomic E-state index is 11.8. The second kappa shape index (κ2) is 5.55. The van der Waals surface area contributed by atoms with Gasteiger partial charge in [0, 0.05) is 25.2 Å². The summed E-state index contributed by atoms with van der Waals surface area (Å²) < 4.78 is 0. The Hall–Kier alpha value is -2.37. The predicted molar refractivity (Wildman–Crippen MR) is 78.9 cm³/mol. The molecule has 0 unspecified atom stereocenters. The summed E-state index contributed by atoms with van der Waals surface area (Å²) in [7, 11) is 1.68. The lowest BCUT2D eigenvalue weighted by atomic mass is 9.97. The number of hydrogen-bond donors (Lipinski definition) is 2. The van der Waals surface area contributed by atoms with Crippen LogP contribution in [-0.4, -0.2) is 35.8 Å². The molecule has 0 heterocycles. The van der Waals surface area contributed by atoms with E-state index in [0.717, 1.165) is 16.8 Å². The van der Waals surface area contributed by atoms with Gasteiger partial charge < -0.3 is 10.2 Å². The molecule has 6 heteroatoms. The molecule has 0 radical (unpaired) electrons. The van der Waals surface area contributed by atoms with E-state index in [4.69, 9.17) is 0 Å². The second-order valence-corrected chi connectivity index (χ2v) is 5.64. The average molecular weight is 289 g/mol. The topological polar surface area (TPSA) is 78.5 Å². The van der Waals surface area contributed by atoms with Gasteiger partial charge in [0.1, 0.15) is 0 Å². The maximum absolute atomic E-state index is 11.8. The zero-order valence-electron chi connectivity index (χ0n) is 12.4. The first-order valence-corrected chi connectivity index (χ1v) is 6.73. The van der Waals surface area contributed by atoms with Gasteiger partial charge in [-0.1, -0.05) is 6.07 Å². The van der Waals surface area contributed by atoms with Crippen LogP contribution in [0.25, 0.3) is 0 Å². The van der Waals surface area contributed by atoms with Gasteiger partial charge in [-0.15, -0.1) is 0 Å². The highest BCUT2D eigenvalue weighted by Crippen LogP contribution is 2.35. The molecule has 0 saturated heterocycles. The largest absolute Gasteiger partial charge is 0.326 e. The molecule has 2 rings (SSSR count). The summed E-state index contributed by atoms with van der Waals surface area (Å²) in [4.78, 5) is 34.9. The molecule has 1 atom stereocenters. The Bertz CT molecular complexity index is 600. The molecule has 0 aromatic heterocycles. The third-order valence-corrected chi connectivity index (χ3v) is 3.97. The number of urea groups is 1. The van der Waals surface area contributed by atoms with Gasteiger partial charge in [-0.25, -0.2) is 4.79 Å². The van der Waals surface area contributed by atoms with Crippen molar-refractivity contribution in [3.05, 3.63) is 29.3 Å². The van der Waals surface area contributed by atoms with Crippen molar-refractivity contribution < 1.29 is 14.4 Å². The van der Waals surface area contributed by atoms with E-state index in [0.29, 0.717) is 19.3 Å². The first kappa shape index (κ1) is 15.0. The van der Waals surface area contributed by atoms with E-state index < -0.39 is 6.03 Å². The number of hydrogen-bond acceptors (Lipinski definition) is 3. The van der Waals surface area contributed by atoms with Gasteiger partial charge in [0.25, 0.3) is 0 Å². The maximum Gasteiger partial charge on any atom is 0.324 e. The Morgan fingerprint density at radius 1 is 1.29 bits per heavy atom. The number of amides is 4. The highest BCUT2D eigenvalue weighted by Gasteiger charge is 2.38. The summed E-state index contributed by atoms with van der Waals surface area (Å²) in [6.45, 7) is 3.45. The predicted octanol–water partition coefficient (Wildman–Crippen LogP) is 1.30. The molecule has 4 amide bonds. The molecule has 0 spiro atoms. The standard InChI is InChI=1S/C15H19N3O3/c1-10(20)17-13-5-4-11-7-15(2,8-12(11)6-13)18(3)14(21)16-9-19/h4-6,9H,7-8H2,1-3H3,(H,17,20)(H,16,19,21)/t15-/m0/s1. The first-order chi connectivity index (χ1) is 9.85. The minimum Gasteiger partial charge on any atom is -0.326 e. The van der Waals surface area contributed by atoms with Crippen LogP contribution in [0.2, 0.25) is 0 Å². The van der Waals surface area contributed by atoms with Gasteiger partial charge in [0.15, 0.2) is 0 Å². The first-order valence-electron chi connectivity index (χ1n) is 6.73. The third-order valence-electron chi connectivity index (χ3n) is 3.97. The van der Waals surface area contributed by atoms with E-state index in [1.54, 1.807) is 11.9 Å². The van der Waals surface area contributed by atoms with Crippen molar-refractivity contribution in [1.82, 2.24) is 10.2 Å². The molecule has 1 aromatic carbocycles. The average Bonchev–Trinajstić information content (AvgIpc) is 2.74. The van der Waals surface area contributed by atoms with Gasteiger partial charge in [-0.3, -0.25) is 14.9 Å². The van der Waals surface area contributed by atoms with Gasteiger partial charge in [-0.2, -0.15) is 0 Å². The number of nitrogens with one attached hydrogen (secondary N) is 2. The molecule has 0 bridgehead atoms. The smallest absolute Gasteiger partial charge is 0.324 e. The van der Waals surface area contributed by atoms with Crippen molar-refractivity contribution in [2.75, 3.05) is 12.4 Å². The molecule has 0 fully saturated rings. The number of benzene rings is 1. The fourth-order valence-corrected chi connectivity index (χ4v) is 2.76. The molecule has 21 heavy (non-hydrogen) atoms. The lowest BCUT2D eigenvalue weighted by Gasteiger charge is -2.34. The van der Waals surface area contributed by atoms with Crippen molar-refractivity contribution in [2.45, 2.75) is 32.2 Å². The molecular weight excluding hydrogens is 270 g/mol. The van der Waals surface area contributed by atoms with Gasteiger partial charge in [0.2, 0.25) is 12.3 Å². The molecular formula is C15H19N3O3. The Morgan fingerprint density at radius 3 is 2.57 bits per heavy atom. The van der Waals surface area contributed by atoms with Crippen molar-refractivity contribution in [3.63, 3.8) is 0 Å². The number of anilines is 1. The molecule has 1 aliphatic carbocycles. The van der Waals surface area contributed by atoms with E-state index in [-0.39, 0.29) is 11.4 Å². The van der Waals surface area contributed by atoms with Crippen LogP contribution in [0.4, 0.5) is 10.5 Å². The van der Waals surface area contributed by atoms with Crippen LogP contribution in [0.15, 0.2) is 18.2 Å². The van der Waals surface area contributed by atoms with Crippen LogP contribution >= 0.6 is 0 Å². The fraction of sp³-hybridized carbons (Fsp3) is 0.400. The summed E-state index contributed by atoms with van der Waals surface area (Å²) in [6.07, 6.45) is 1.78. The lowest BCUT2D eigenvalue weighted by molar-refractivity contribution is -0.114. The zero-order chi connectivity index (χ0) is 15.6. The van der Waals surface area contributed by atoms with Crippen LogP contribution in [-0.2, 0) is 22.4 Å². The van der Waals surface area contributed by atoms with E-state index >= 15 is 0 Å². The van der Waals surface area contributed by atoms with Gasteiger partial charge in [-0.05, 0) is 43.0 Å². The van der Waals surface area contributed by atoms with E-state index in [1.165, 1.54) is 6.92 Å². The number of nitrogens with zero attached hydrogens (tertiary/aromatic N) is 1. The summed E-state index contributed by atoms with van der Waals surface area (Å²) in [6, 6.07) is 5.35. The highest BCUT2D eigenvalue weighted by atomic mass is 16.2. The molecule has 112 valence electrons. The second-order valence-electron chi connectivity index (χ2n) is 5.64. The zero-order valence-corrected chi connectivity index (χ0v) is 12.4. The summed E-state index contributed by atoms with van der Waals surface area (Å²) >= 11 is 0. The third kappa shape index (κ3) is 3.04. The molecule has 0 aliphatic heterocycles. The van der Waals surface area contributed by atoms with E-state index in [9.17, 15) is 14.4 Å². The minimum atomic E-state index is -0.414. The number of rotatable bonds is 3. The molecule has 1 aromatic rings. The number of carbonyl (C=O) groups excluding carboxylic acids is 3. The van der Waals surface area contributed by atoms with Crippen molar-refractivity contribution >= 4 is 24.0 Å². The van der Waals surface area contributed by atoms with Gasteiger partial charge >= 0.3 is 6.03 Å². The van der Waals surface area contributed by atoms with E-state index in [2.05, 4.69) is 10.6 Å². The number of carbonyl (C=O) groups is 3. The monoisotopic (exact) mass is 289 g/mol. The van der Waals surface area contributed by atoms with Crippen LogP contribution < -0.4 is 10.6 Å². The molecule has 2 N–H and O–H groups in total. The van der Waals surface area contributed by atoms with Crippen molar-refractivity contribution in [1.29, 1.82) is 0 Å². The molecule has 6 nitrogen and oxygen atoms in total. The lowest BCUT2D eigenvalue weighted by Crippen LogP contribution is -2.51. The number of likely N-dealkylation sites (N-methyl/N-ethyl adjacent to an activating group) is 1. The van der Waals surface area contributed by atoms with Crippen LogP contribution in [0.1, 0.15) is 25.0 Å². The Balaban J connectivity index is 2.19. The molecule has 0 saturated carbocycles. The quantitative estimate of drug-likeness (QED) is 0.823. The minimum absolute atomic E-state index is 0.113. The van der Waals surface area contributed by atoms with Crippen molar-refractivity contribution in [3.8, 4) is 0 Å². The summed E-state index contributed by atoms with van der Waals surface area (Å²) in [5, 5.41) is 4.92. The number of fused-ring (bicyclic) bond motifs is 1. The van der Waals surface area contributed by atoms with Crippen LogP contribution in [0.5, 0.6) is 0 Å². The SMILES string of the molecule is CC(=O)Nc1ccc2c(c1)C[C@@](C)(N(C)C(=O)NC=O)C2. The highest BCUT2D eigenvalue weighted by molar-refractivity contribution is 5.89. The van der Waals surface area contributed by atoms with Crippen LogP contribution in [0.3, 0.4) is 0 Å². The van der Waals surface area contributed by atoms with Crippen molar-refractivity contribution in [2.24, 2.45) is 0 Å². The Morgan fingerprint density at radius 2 is 1.95 bits per heavy atom. The van der Waals surface area contributed by atoms with Gasteiger partial charge in [0.05, 0.1) is 0 Å². The Kier molecular flexibility index (Phi) is 3.97. The number of imide groups is 1. The Labute approximate surface area is 123 Å². The normalized spacial score (nSPS) is 19.6.